The topological polar surface area (TPSA) is 85.2 Å². The number of carbonyl (C=O) groups is 1. The van der Waals surface area contributed by atoms with E-state index in [0.717, 1.165) is 48.4 Å². The Hall–Kier alpha value is -3.16. The van der Waals surface area contributed by atoms with Crippen LogP contribution in [0, 0.1) is 0 Å². The van der Waals surface area contributed by atoms with Crippen LogP contribution in [-0.2, 0) is 13.6 Å². The van der Waals surface area contributed by atoms with Crippen LogP contribution in [0.3, 0.4) is 0 Å². The van der Waals surface area contributed by atoms with Crippen LogP contribution >= 0.6 is 0 Å². The number of carbonyl (C=O) groups excluding carboxylic acids is 1. The van der Waals surface area contributed by atoms with Crippen LogP contribution in [0.4, 0.5) is 5.82 Å². The van der Waals surface area contributed by atoms with Gasteiger partial charge in [0.05, 0.1) is 12.5 Å². The van der Waals surface area contributed by atoms with Gasteiger partial charge in [0.15, 0.2) is 5.65 Å². The Morgan fingerprint density at radius 2 is 1.93 bits per heavy atom. The van der Waals surface area contributed by atoms with Gasteiger partial charge < -0.3 is 15.0 Å². The second-order valence-corrected chi connectivity index (χ2v) is 6.64. The third kappa shape index (κ3) is 3.55. The average Bonchev–Trinajstić information content (AvgIpc) is 3.34. The maximum atomic E-state index is 12.6. The Morgan fingerprint density at radius 3 is 2.63 bits per heavy atom. The van der Waals surface area contributed by atoms with E-state index < -0.39 is 0 Å². The average molecular weight is 366 g/mol. The first-order valence-electron chi connectivity index (χ1n) is 9.01. The van der Waals surface area contributed by atoms with E-state index in [1.54, 1.807) is 11.8 Å². The summed E-state index contributed by atoms with van der Waals surface area (Å²) in [5, 5.41) is 8.14. The molecule has 0 unspecified atom stereocenters. The maximum Gasteiger partial charge on any atom is 0.289 e. The standard InChI is InChI=1S/C19H22N6O2/c1-24-12-15-16(23-24)21-17(22-18(15)25-9-3-4-10-25)19(26)20-11-13-5-7-14(27-2)8-6-13/h5-8,12H,3-4,9-11H2,1-2H3,(H,20,26). The number of hydrogen-bond acceptors (Lipinski definition) is 6. The predicted molar refractivity (Wildman–Crippen MR) is 102 cm³/mol. The van der Waals surface area contributed by atoms with Gasteiger partial charge in [-0.05, 0) is 30.5 Å². The molecule has 1 saturated heterocycles. The number of anilines is 1. The predicted octanol–water partition coefficient (Wildman–Crippen LogP) is 1.90. The van der Waals surface area contributed by atoms with Gasteiger partial charge >= 0.3 is 0 Å². The molecule has 1 fully saturated rings. The number of amides is 1. The highest BCUT2D eigenvalue weighted by molar-refractivity contribution is 5.95. The lowest BCUT2D eigenvalue weighted by molar-refractivity contribution is 0.0941. The molecule has 2 aromatic heterocycles. The number of aryl methyl sites for hydroxylation is 1. The van der Waals surface area contributed by atoms with Gasteiger partial charge in [-0.3, -0.25) is 9.48 Å². The fraction of sp³-hybridized carbons (Fsp3) is 0.368. The van der Waals surface area contributed by atoms with Crippen molar-refractivity contribution in [3.63, 3.8) is 0 Å². The molecule has 3 heterocycles. The van der Waals surface area contributed by atoms with E-state index in [1.165, 1.54) is 0 Å². The molecule has 0 radical (unpaired) electrons. The quantitative estimate of drug-likeness (QED) is 0.742. The van der Waals surface area contributed by atoms with Gasteiger partial charge in [0.2, 0.25) is 5.82 Å². The summed E-state index contributed by atoms with van der Waals surface area (Å²) in [6.45, 7) is 2.27. The van der Waals surface area contributed by atoms with Crippen LogP contribution in [0.5, 0.6) is 5.75 Å². The van der Waals surface area contributed by atoms with Crippen LogP contribution in [0.2, 0.25) is 0 Å². The molecule has 140 valence electrons. The van der Waals surface area contributed by atoms with Crippen molar-refractivity contribution in [3.8, 4) is 5.75 Å². The highest BCUT2D eigenvalue weighted by Crippen LogP contribution is 2.26. The molecule has 0 aliphatic carbocycles. The first-order chi connectivity index (χ1) is 13.1. The lowest BCUT2D eigenvalue weighted by Gasteiger charge is -2.17. The van der Waals surface area contributed by atoms with Crippen LogP contribution in [0.15, 0.2) is 30.5 Å². The minimum atomic E-state index is -0.307. The number of hydrogen-bond donors (Lipinski definition) is 1. The molecule has 4 rings (SSSR count). The first kappa shape index (κ1) is 17.3. The summed E-state index contributed by atoms with van der Waals surface area (Å²) in [6, 6.07) is 7.56. The molecule has 1 aromatic carbocycles. The van der Waals surface area contributed by atoms with Gasteiger partial charge in [0, 0.05) is 32.9 Å². The van der Waals surface area contributed by atoms with Crippen molar-refractivity contribution >= 4 is 22.8 Å². The number of nitrogens with zero attached hydrogens (tertiary/aromatic N) is 5. The second kappa shape index (κ2) is 7.22. The SMILES string of the molecule is COc1ccc(CNC(=O)c2nc(N3CCCC3)c3cn(C)nc3n2)cc1. The van der Waals surface area contributed by atoms with E-state index in [-0.39, 0.29) is 11.7 Å². The Balaban J connectivity index is 1.57. The lowest BCUT2D eigenvalue weighted by Crippen LogP contribution is -2.27. The van der Waals surface area contributed by atoms with Gasteiger partial charge in [-0.25, -0.2) is 9.97 Å². The molecule has 0 saturated carbocycles. The molecule has 27 heavy (non-hydrogen) atoms. The summed E-state index contributed by atoms with van der Waals surface area (Å²) in [5.74, 6) is 1.42. The van der Waals surface area contributed by atoms with Crippen molar-refractivity contribution in [1.29, 1.82) is 0 Å². The number of methoxy groups -OCH3 is 1. The number of benzene rings is 1. The van der Waals surface area contributed by atoms with Gasteiger partial charge in [0.1, 0.15) is 11.6 Å². The van der Waals surface area contributed by atoms with Crippen LogP contribution in [0.1, 0.15) is 29.0 Å². The normalized spacial score (nSPS) is 13.9. The second-order valence-electron chi connectivity index (χ2n) is 6.64. The minimum Gasteiger partial charge on any atom is -0.497 e. The van der Waals surface area contributed by atoms with Gasteiger partial charge in [-0.1, -0.05) is 12.1 Å². The molecule has 1 N–H and O–H groups in total. The lowest BCUT2D eigenvalue weighted by atomic mass is 10.2. The molecular formula is C19H22N6O2. The zero-order valence-corrected chi connectivity index (χ0v) is 15.5. The Morgan fingerprint density at radius 1 is 1.19 bits per heavy atom. The number of fused-ring (bicyclic) bond motifs is 1. The fourth-order valence-electron chi connectivity index (χ4n) is 3.28. The third-order valence-electron chi connectivity index (χ3n) is 4.69. The molecule has 8 heteroatoms. The maximum absolute atomic E-state index is 12.6. The van der Waals surface area contributed by atoms with Crippen molar-refractivity contribution in [3.05, 3.63) is 41.9 Å². The monoisotopic (exact) mass is 366 g/mol. The summed E-state index contributed by atoms with van der Waals surface area (Å²) >= 11 is 0. The van der Waals surface area contributed by atoms with E-state index in [2.05, 4.69) is 25.3 Å². The molecule has 1 aliphatic rings. The Kier molecular flexibility index (Phi) is 4.62. The van der Waals surface area contributed by atoms with E-state index in [1.807, 2.05) is 37.5 Å². The first-order valence-corrected chi connectivity index (χ1v) is 9.01. The van der Waals surface area contributed by atoms with E-state index >= 15 is 0 Å². The van der Waals surface area contributed by atoms with Crippen LogP contribution in [-0.4, -0.2) is 45.9 Å². The largest absolute Gasteiger partial charge is 0.497 e. The third-order valence-corrected chi connectivity index (χ3v) is 4.69. The molecule has 0 spiro atoms. The van der Waals surface area contributed by atoms with Crippen molar-refractivity contribution in [2.24, 2.45) is 7.05 Å². The molecule has 0 bridgehead atoms. The number of ether oxygens (including phenoxy) is 1. The van der Waals surface area contributed by atoms with Crippen molar-refractivity contribution < 1.29 is 9.53 Å². The van der Waals surface area contributed by atoms with E-state index in [9.17, 15) is 4.79 Å². The van der Waals surface area contributed by atoms with Crippen molar-refractivity contribution in [2.45, 2.75) is 19.4 Å². The Bertz CT molecular complexity index is 960. The van der Waals surface area contributed by atoms with Crippen LogP contribution in [0.25, 0.3) is 11.0 Å². The van der Waals surface area contributed by atoms with Crippen LogP contribution < -0.4 is 15.0 Å². The van der Waals surface area contributed by atoms with Gasteiger partial charge in [-0.2, -0.15) is 5.10 Å². The zero-order valence-electron chi connectivity index (χ0n) is 15.5. The van der Waals surface area contributed by atoms with E-state index in [0.29, 0.717) is 12.2 Å². The molecule has 3 aromatic rings. The molecule has 1 aliphatic heterocycles. The van der Waals surface area contributed by atoms with Crippen molar-refractivity contribution in [1.82, 2.24) is 25.1 Å². The molecule has 0 atom stereocenters. The number of rotatable bonds is 5. The Labute approximate surface area is 157 Å². The molecular weight excluding hydrogens is 344 g/mol. The summed E-state index contributed by atoms with van der Waals surface area (Å²) in [6.07, 6.45) is 4.16. The highest BCUT2D eigenvalue weighted by Gasteiger charge is 2.22. The number of nitrogens with one attached hydrogen (secondary N) is 1. The van der Waals surface area contributed by atoms with Gasteiger partial charge in [-0.15, -0.1) is 0 Å². The minimum absolute atomic E-state index is 0.150. The highest BCUT2D eigenvalue weighted by atomic mass is 16.5. The zero-order chi connectivity index (χ0) is 18.8. The number of aromatic nitrogens is 4. The van der Waals surface area contributed by atoms with Crippen molar-refractivity contribution in [2.75, 3.05) is 25.1 Å². The summed E-state index contributed by atoms with van der Waals surface area (Å²) in [5.41, 5.74) is 1.52. The smallest absolute Gasteiger partial charge is 0.289 e. The molecule has 1 amide bonds. The summed E-state index contributed by atoms with van der Waals surface area (Å²) in [4.78, 5) is 23.8. The molecule has 8 nitrogen and oxygen atoms in total. The fourth-order valence-corrected chi connectivity index (χ4v) is 3.28. The van der Waals surface area contributed by atoms with E-state index in [4.69, 9.17) is 4.74 Å². The van der Waals surface area contributed by atoms with Gasteiger partial charge in [0.25, 0.3) is 5.91 Å². The summed E-state index contributed by atoms with van der Waals surface area (Å²) < 4.78 is 6.85. The summed E-state index contributed by atoms with van der Waals surface area (Å²) in [7, 11) is 3.47.